The summed E-state index contributed by atoms with van der Waals surface area (Å²) in [6.45, 7) is -1.42. The van der Waals surface area contributed by atoms with E-state index in [0.29, 0.717) is 0 Å². The van der Waals surface area contributed by atoms with Crippen molar-refractivity contribution >= 4 is 5.91 Å². The average molecular weight is 291 g/mol. The van der Waals surface area contributed by atoms with E-state index in [4.69, 9.17) is 9.84 Å². The number of amides is 1. The van der Waals surface area contributed by atoms with Crippen LogP contribution in [0, 0.1) is 5.82 Å². The fraction of sp³-hybridized carbons (Fsp3) is 0.462. The van der Waals surface area contributed by atoms with Crippen LogP contribution >= 0.6 is 0 Å². The number of carbonyl (C=O) groups is 1. The Kier molecular flexibility index (Phi) is 6.86. The van der Waals surface area contributed by atoms with Gasteiger partial charge in [0.05, 0.1) is 26.2 Å². The Hall–Kier alpha value is -1.76. The van der Waals surface area contributed by atoms with Gasteiger partial charge in [-0.3, -0.25) is 4.79 Å². The summed E-state index contributed by atoms with van der Waals surface area (Å²) in [6.07, 6.45) is -2.83. The van der Waals surface area contributed by atoms with Crippen LogP contribution in [0.5, 0.6) is 5.75 Å². The van der Waals surface area contributed by atoms with Crippen LogP contribution in [0.4, 0.5) is 13.2 Å². The Morgan fingerprint density at radius 2 is 2.05 bits per heavy atom. The normalized spacial score (nSPS) is 10.7. The lowest BCUT2D eigenvalue weighted by Crippen LogP contribution is -2.37. The molecule has 112 valence electrons. The molecule has 0 aliphatic heterocycles. The SMILES string of the molecule is O=C(CCOc1ccccc1F)N(CCO)CC(F)F. The number of nitrogens with zero attached hydrogens (tertiary/aromatic N) is 1. The van der Waals surface area contributed by atoms with E-state index in [2.05, 4.69) is 0 Å². The molecule has 0 aliphatic carbocycles. The summed E-state index contributed by atoms with van der Waals surface area (Å²) >= 11 is 0. The molecule has 0 heterocycles. The van der Waals surface area contributed by atoms with Gasteiger partial charge in [-0.05, 0) is 12.1 Å². The molecular formula is C13H16F3NO3. The second-order valence-corrected chi connectivity index (χ2v) is 3.98. The molecule has 0 aliphatic rings. The van der Waals surface area contributed by atoms with Gasteiger partial charge in [0.2, 0.25) is 5.91 Å². The van der Waals surface area contributed by atoms with Crippen LogP contribution in [0.2, 0.25) is 0 Å². The topological polar surface area (TPSA) is 49.8 Å². The molecule has 1 aromatic carbocycles. The van der Waals surface area contributed by atoms with Gasteiger partial charge in [0.15, 0.2) is 11.6 Å². The highest BCUT2D eigenvalue weighted by Gasteiger charge is 2.17. The minimum absolute atomic E-state index is 0.00266. The fourth-order valence-corrected chi connectivity index (χ4v) is 1.57. The second-order valence-electron chi connectivity index (χ2n) is 3.98. The molecule has 20 heavy (non-hydrogen) atoms. The Bertz CT molecular complexity index is 429. The van der Waals surface area contributed by atoms with Crippen LogP contribution < -0.4 is 4.74 Å². The van der Waals surface area contributed by atoms with E-state index in [0.717, 1.165) is 4.90 Å². The van der Waals surface area contributed by atoms with Crippen LogP contribution in [-0.2, 0) is 4.79 Å². The number of halogens is 3. The van der Waals surface area contributed by atoms with Crippen molar-refractivity contribution in [2.45, 2.75) is 12.8 Å². The zero-order valence-corrected chi connectivity index (χ0v) is 10.8. The number of carbonyl (C=O) groups excluding carboxylic acids is 1. The quantitative estimate of drug-likeness (QED) is 0.793. The molecule has 0 saturated heterocycles. The van der Waals surface area contributed by atoms with Gasteiger partial charge in [0.1, 0.15) is 0 Å². The molecule has 0 aromatic heterocycles. The zero-order valence-electron chi connectivity index (χ0n) is 10.8. The maximum absolute atomic E-state index is 13.2. The number of aliphatic hydroxyl groups excluding tert-OH is 1. The number of para-hydroxylation sites is 1. The summed E-state index contributed by atoms with van der Waals surface area (Å²) in [5.41, 5.74) is 0. The first-order valence-corrected chi connectivity index (χ1v) is 6.08. The molecule has 0 atom stereocenters. The summed E-state index contributed by atoms with van der Waals surface area (Å²) in [5, 5.41) is 8.72. The number of hydrogen-bond acceptors (Lipinski definition) is 3. The number of rotatable bonds is 8. The van der Waals surface area contributed by atoms with Crippen molar-refractivity contribution in [3.63, 3.8) is 0 Å². The van der Waals surface area contributed by atoms with Crippen molar-refractivity contribution in [1.29, 1.82) is 0 Å². The van der Waals surface area contributed by atoms with E-state index < -0.39 is 31.3 Å². The highest BCUT2D eigenvalue weighted by molar-refractivity contribution is 5.76. The lowest BCUT2D eigenvalue weighted by Gasteiger charge is -2.21. The van der Waals surface area contributed by atoms with Gasteiger partial charge >= 0.3 is 0 Å². The third kappa shape index (κ3) is 5.48. The Morgan fingerprint density at radius 1 is 1.35 bits per heavy atom. The van der Waals surface area contributed by atoms with E-state index in [1.807, 2.05) is 0 Å². The number of aliphatic hydroxyl groups is 1. The number of benzene rings is 1. The average Bonchev–Trinajstić information content (AvgIpc) is 2.40. The van der Waals surface area contributed by atoms with Crippen molar-refractivity contribution in [2.75, 3.05) is 26.3 Å². The third-order valence-electron chi connectivity index (χ3n) is 2.49. The minimum Gasteiger partial charge on any atom is -0.490 e. The minimum atomic E-state index is -2.67. The maximum Gasteiger partial charge on any atom is 0.255 e. The molecule has 0 saturated carbocycles. The maximum atomic E-state index is 13.2. The van der Waals surface area contributed by atoms with Crippen LogP contribution in [0.15, 0.2) is 24.3 Å². The van der Waals surface area contributed by atoms with Crippen LogP contribution in [0.25, 0.3) is 0 Å². The van der Waals surface area contributed by atoms with Gasteiger partial charge in [0, 0.05) is 6.54 Å². The molecule has 0 unspecified atom stereocenters. The highest BCUT2D eigenvalue weighted by atomic mass is 19.3. The van der Waals surface area contributed by atoms with E-state index >= 15 is 0 Å². The molecule has 1 rings (SSSR count). The van der Waals surface area contributed by atoms with E-state index in [1.165, 1.54) is 18.2 Å². The summed E-state index contributed by atoms with van der Waals surface area (Å²) < 4.78 is 42.8. The van der Waals surface area contributed by atoms with Crippen LogP contribution in [0.1, 0.15) is 6.42 Å². The molecule has 1 N–H and O–H groups in total. The summed E-state index contributed by atoms with van der Waals surface area (Å²) in [5.74, 6) is -1.13. The molecule has 0 radical (unpaired) electrons. The van der Waals surface area contributed by atoms with E-state index in [9.17, 15) is 18.0 Å². The Morgan fingerprint density at radius 3 is 2.65 bits per heavy atom. The molecule has 4 nitrogen and oxygen atoms in total. The molecular weight excluding hydrogens is 275 g/mol. The van der Waals surface area contributed by atoms with Crippen molar-refractivity contribution in [2.24, 2.45) is 0 Å². The van der Waals surface area contributed by atoms with Gasteiger partial charge in [-0.25, -0.2) is 13.2 Å². The molecule has 1 amide bonds. The van der Waals surface area contributed by atoms with Gasteiger partial charge in [-0.15, -0.1) is 0 Å². The number of hydrogen-bond donors (Lipinski definition) is 1. The zero-order chi connectivity index (χ0) is 15.0. The molecule has 0 spiro atoms. The van der Waals surface area contributed by atoms with Gasteiger partial charge < -0.3 is 14.7 Å². The van der Waals surface area contributed by atoms with Crippen molar-refractivity contribution in [3.8, 4) is 5.75 Å². The van der Waals surface area contributed by atoms with Crippen LogP contribution in [-0.4, -0.2) is 48.6 Å². The summed E-state index contributed by atoms with van der Waals surface area (Å²) in [6, 6.07) is 5.70. The first-order valence-electron chi connectivity index (χ1n) is 6.08. The van der Waals surface area contributed by atoms with Crippen molar-refractivity contribution in [1.82, 2.24) is 4.90 Å². The smallest absolute Gasteiger partial charge is 0.255 e. The Labute approximate surface area is 114 Å². The predicted octanol–water partition coefficient (Wildman–Crippen LogP) is 1.68. The second kappa shape index (κ2) is 8.42. The van der Waals surface area contributed by atoms with E-state index in [1.54, 1.807) is 6.07 Å². The van der Waals surface area contributed by atoms with Crippen LogP contribution in [0.3, 0.4) is 0 Å². The Balaban J connectivity index is 2.43. The van der Waals surface area contributed by atoms with Gasteiger partial charge in [0.25, 0.3) is 6.43 Å². The first kappa shape index (κ1) is 16.3. The standard InChI is InChI=1S/C13H16F3NO3/c14-10-3-1-2-4-11(10)20-8-5-13(19)17(6-7-18)9-12(15)16/h1-4,12,18H,5-9H2. The molecule has 0 bridgehead atoms. The van der Waals surface area contributed by atoms with Gasteiger partial charge in [-0.1, -0.05) is 12.1 Å². The van der Waals surface area contributed by atoms with Crippen molar-refractivity contribution < 1.29 is 27.8 Å². The largest absolute Gasteiger partial charge is 0.490 e. The molecule has 0 fully saturated rings. The van der Waals surface area contributed by atoms with E-state index in [-0.39, 0.29) is 25.3 Å². The third-order valence-corrected chi connectivity index (χ3v) is 2.49. The number of ether oxygens (including phenoxy) is 1. The summed E-state index contributed by atoms with van der Waals surface area (Å²) in [4.78, 5) is 12.5. The molecule has 7 heteroatoms. The summed E-state index contributed by atoms with van der Waals surface area (Å²) in [7, 11) is 0. The predicted molar refractivity (Wildman–Crippen MR) is 66.2 cm³/mol. The lowest BCUT2D eigenvalue weighted by molar-refractivity contribution is -0.134. The first-order chi connectivity index (χ1) is 9.54. The monoisotopic (exact) mass is 291 g/mol. The molecule has 1 aromatic rings. The van der Waals surface area contributed by atoms with Crippen molar-refractivity contribution in [3.05, 3.63) is 30.1 Å². The highest BCUT2D eigenvalue weighted by Crippen LogP contribution is 2.15. The van der Waals surface area contributed by atoms with Gasteiger partial charge in [-0.2, -0.15) is 0 Å². The lowest BCUT2D eigenvalue weighted by atomic mass is 10.3. The fourth-order valence-electron chi connectivity index (χ4n) is 1.57. The number of alkyl halides is 2.